The first-order chi connectivity index (χ1) is 16.4. The Morgan fingerprint density at radius 1 is 1.00 bits per heavy atom. The number of amides is 1. The minimum Gasteiger partial charge on any atom is -0.497 e. The molecule has 1 amide bonds. The van der Waals surface area contributed by atoms with Gasteiger partial charge in [-0.1, -0.05) is 24.3 Å². The van der Waals surface area contributed by atoms with Gasteiger partial charge in [-0.2, -0.15) is 0 Å². The lowest BCUT2D eigenvalue weighted by atomic mass is 10.1. The van der Waals surface area contributed by atoms with Crippen LogP contribution >= 0.6 is 22.6 Å². The minimum absolute atomic E-state index is 0.00762. The molecule has 34 heavy (non-hydrogen) atoms. The number of hydrogen-bond donors (Lipinski definition) is 0. The van der Waals surface area contributed by atoms with E-state index in [1.165, 1.54) is 0 Å². The number of ether oxygens (including phenoxy) is 1. The summed E-state index contributed by atoms with van der Waals surface area (Å²) in [4.78, 5) is 33.8. The summed E-state index contributed by atoms with van der Waals surface area (Å²) in [5, 5.41) is 0.513. The van der Waals surface area contributed by atoms with E-state index < -0.39 is 0 Å². The monoisotopic (exact) mass is 563 g/mol. The maximum absolute atomic E-state index is 13.7. The number of nitrogens with zero attached hydrogens (tertiary/aromatic N) is 3. The van der Waals surface area contributed by atoms with Gasteiger partial charge in [-0.15, -0.1) is 0 Å². The summed E-state index contributed by atoms with van der Waals surface area (Å²) in [6.07, 6.45) is 1.72. The Kier molecular flexibility index (Phi) is 5.73. The lowest BCUT2D eigenvalue weighted by Gasteiger charge is -2.21. The average molecular weight is 563 g/mol. The Morgan fingerprint density at radius 3 is 2.56 bits per heavy atom. The highest BCUT2D eigenvalue weighted by molar-refractivity contribution is 14.1. The molecule has 0 atom stereocenters. The molecule has 0 spiro atoms. The van der Waals surface area contributed by atoms with Crippen molar-refractivity contribution in [3.63, 3.8) is 0 Å². The van der Waals surface area contributed by atoms with Gasteiger partial charge in [0.1, 0.15) is 11.6 Å². The summed E-state index contributed by atoms with van der Waals surface area (Å²) in [5.41, 5.74) is 3.19. The Bertz CT molecular complexity index is 1540. The van der Waals surface area contributed by atoms with E-state index in [4.69, 9.17) is 9.72 Å². The Hall–Kier alpha value is -3.46. The number of hydrogen-bond acceptors (Lipinski definition) is 4. The second-order valence-electron chi connectivity index (χ2n) is 8.32. The highest BCUT2D eigenvalue weighted by Gasteiger charge is 2.34. The zero-order valence-electron chi connectivity index (χ0n) is 18.9. The van der Waals surface area contributed by atoms with Crippen LogP contribution in [-0.2, 0) is 4.79 Å². The highest BCUT2D eigenvalue weighted by atomic mass is 127. The molecule has 3 aromatic carbocycles. The van der Waals surface area contributed by atoms with E-state index in [0.717, 1.165) is 14.8 Å². The summed E-state index contributed by atoms with van der Waals surface area (Å²) in [5.74, 6) is 0.903. The molecule has 6 nitrogen and oxygen atoms in total. The maximum Gasteiger partial charge on any atom is 0.266 e. The highest BCUT2D eigenvalue weighted by Crippen LogP contribution is 2.38. The van der Waals surface area contributed by atoms with Gasteiger partial charge in [0.05, 0.1) is 35.0 Å². The van der Waals surface area contributed by atoms with Crippen LogP contribution in [-0.4, -0.2) is 28.6 Å². The van der Waals surface area contributed by atoms with Gasteiger partial charge >= 0.3 is 0 Å². The number of aromatic nitrogens is 2. The molecular formula is C27H22IN3O3. The lowest BCUT2D eigenvalue weighted by Crippen LogP contribution is -2.33. The molecule has 2 heterocycles. The molecule has 0 fully saturated rings. The van der Waals surface area contributed by atoms with E-state index in [9.17, 15) is 9.59 Å². The van der Waals surface area contributed by atoms with Crippen molar-refractivity contribution < 1.29 is 9.53 Å². The number of carbonyl (C=O) groups excluding carboxylic acids is 1. The van der Waals surface area contributed by atoms with Crippen LogP contribution < -0.4 is 15.2 Å². The third-order valence-corrected chi connectivity index (χ3v) is 6.53. The zero-order chi connectivity index (χ0) is 24.0. The fraction of sp³-hybridized carbons (Fsp3) is 0.148. The quantitative estimate of drug-likeness (QED) is 0.250. The van der Waals surface area contributed by atoms with Crippen LogP contribution in [0.5, 0.6) is 5.75 Å². The van der Waals surface area contributed by atoms with E-state index in [0.29, 0.717) is 33.7 Å². The van der Waals surface area contributed by atoms with Crippen LogP contribution in [0.25, 0.3) is 28.2 Å². The van der Waals surface area contributed by atoms with Crippen LogP contribution in [0.15, 0.2) is 71.5 Å². The molecule has 0 unspecified atom stereocenters. The molecule has 1 aromatic heterocycles. The van der Waals surface area contributed by atoms with E-state index >= 15 is 0 Å². The number of rotatable bonds is 4. The lowest BCUT2D eigenvalue weighted by molar-refractivity contribution is -0.113. The maximum atomic E-state index is 13.7. The van der Waals surface area contributed by atoms with Gasteiger partial charge < -0.3 is 9.64 Å². The minimum atomic E-state index is -0.205. The molecule has 7 heteroatoms. The van der Waals surface area contributed by atoms with Gasteiger partial charge in [0.15, 0.2) is 0 Å². The van der Waals surface area contributed by atoms with Gasteiger partial charge in [-0.25, -0.2) is 4.98 Å². The van der Waals surface area contributed by atoms with E-state index in [1.54, 1.807) is 28.7 Å². The van der Waals surface area contributed by atoms with Crippen molar-refractivity contribution in [1.82, 2.24) is 9.55 Å². The molecule has 0 bridgehead atoms. The normalized spacial score (nSPS) is 14.3. The topological polar surface area (TPSA) is 64.4 Å². The molecule has 170 valence electrons. The molecule has 1 aliphatic heterocycles. The smallest absolute Gasteiger partial charge is 0.266 e. The molecule has 4 aromatic rings. The number of benzene rings is 3. The first-order valence-electron chi connectivity index (χ1n) is 10.9. The van der Waals surface area contributed by atoms with Crippen molar-refractivity contribution in [2.45, 2.75) is 19.9 Å². The van der Waals surface area contributed by atoms with Crippen LogP contribution in [0.4, 0.5) is 5.69 Å². The van der Waals surface area contributed by atoms with Gasteiger partial charge in [-0.05, 0) is 78.9 Å². The molecule has 0 aliphatic carbocycles. The number of methoxy groups -OCH3 is 1. The van der Waals surface area contributed by atoms with Gasteiger partial charge in [-0.3, -0.25) is 14.2 Å². The largest absolute Gasteiger partial charge is 0.497 e. The Balaban J connectivity index is 1.82. The fourth-order valence-corrected chi connectivity index (χ4v) is 4.81. The van der Waals surface area contributed by atoms with Crippen LogP contribution in [0.1, 0.15) is 25.2 Å². The van der Waals surface area contributed by atoms with Gasteiger partial charge in [0.2, 0.25) is 0 Å². The summed E-state index contributed by atoms with van der Waals surface area (Å²) in [7, 11) is 1.58. The predicted molar refractivity (Wildman–Crippen MR) is 144 cm³/mol. The molecule has 0 saturated carbocycles. The third-order valence-electron chi connectivity index (χ3n) is 5.86. The van der Waals surface area contributed by atoms with Crippen molar-refractivity contribution in [2.75, 3.05) is 12.0 Å². The predicted octanol–water partition coefficient (Wildman–Crippen LogP) is 5.29. The van der Waals surface area contributed by atoms with E-state index in [-0.39, 0.29) is 17.5 Å². The van der Waals surface area contributed by atoms with Crippen molar-refractivity contribution in [3.05, 3.63) is 92.0 Å². The Labute approximate surface area is 210 Å². The van der Waals surface area contributed by atoms with Gasteiger partial charge in [0.25, 0.3) is 11.5 Å². The van der Waals surface area contributed by atoms with Crippen LogP contribution in [0, 0.1) is 3.57 Å². The number of fused-ring (bicyclic) bond motifs is 2. The number of carbonyl (C=O) groups is 1. The summed E-state index contributed by atoms with van der Waals surface area (Å²) < 4.78 is 7.87. The first kappa shape index (κ1) is 22.3. The van der Waals surface area contributed by atoms with Crippen molar-refractivity contribution in [3.8, 4) is 11.4 Å². The van der Waals surface area contributed by atoms with Crippen molar-refractivity contribution >= 4 is 56.7 Å². The van der Waals surface area contributed by atoms with Crippen molar-refractivity contribution in [1.29, 1.82) is 0 Å². The summed E-state index contributed by atoms with van der Waals surface area (Å²) >= 11 is 2.18. The van der Waals surface area contributed by atoms with E-state index in [2.05, 4.69) is 22.6 Å². The SMILES string of the molecule is COc1cccc(-n2c(C=C3C(=O)N(C(C)C)c4ccccc43)nc3ccc(I)cc3c2=O)c1. The Morgan fingerprint density at radius 2 is 1.79 bits per heavy atom. The molecule has 1 aliphatic rings. The summed E-state index contributed by atoms with van der Waals surface area (Å²) in [6.45, 7) is 3.97. The fourth-order valence-electron chi connectivity index (χ4n) is 4.32. The van der Waals surface area contributed by atoms with Gasteiger partial charge in [0, 0.05) is 21.2 Å². The molecule has 0 radical (unpaired) electrons. The second-order valence-corrected chi connectivity index (χ2v) is 9.56. The molecule has 5 rings (SSSR count). The summed E-state index contributed by atoms with van der Waals surface area (Å²) in [6, 6.07) is 20.5. The molecule has 0 saturated heterocycles. The molecule has 0 N–H and O–H groups in total. The number of halogens is 1. The number of para-hydroxylation sites is 1. The third kappa shape index (κ3) is 3.69. The van der Waals surface area contributed by atoms with E-state index in [1.807, 2.05) is 74.5 Å². The van der Waals surface area contributed by atoms with Crippen LogP contribution in [0.2, 0.25) is 0 Å². The molecular weight excluding hydrogens is 541 g/mol. The number of anilines is 1. The average Bonchev–Trinajstić information content (AvgIpc) is 3.11. The van der Waals surface area contributed by atoms with Crippen molar-refractivity contribution in [2.24, 2.45) is 0 Å². The zero-order valence-corrected chi connectivity index (χ0v) is 21.1. The standard InChI is InChI=1S/C27H22IN3O3/c1-16(2)30-24-10-5-4-9-20(24)21(26(30)32)15-25-29-23-12-11-17(28)13-22(23)27(33)31(25)18-7-6-8-19(14-18)34-3/h4-16H,1-3H3. The second kappa shape index (κ2) is 8.72. The van der Waals surface area contributed by atoms with Crippen LogP contribution in [0.3, 0.4) is 0 Å². The first-order valence-corrected chi connectivity index (χ1v) is 12.0.